The van der Waals surface area contributed by atoms with Gasteiger partial charge in [0.05, 0.1) is 19.2 Å². The van der Waals surface area contributed by atoms with Crippen molar-refractivity contribution >= 4 is 11.6 Å². The van der Waals surface area contributed by atoms with Crippen LogP contribution in [0, 0.1) is 0 Å². The van der Waals surface area contributed by atoms with Gasteiger partial charge in [0.25, 0.3) is 0 Å². The highest BCUT2D eigenvalue weighted by atomic mass is 35.5. The summed E-state index contributed by atoms with van der Waals surface area (Å²) >= 11 is 6.32. The van der Waals surface area contributed by atoms with Gasteiger partial charge in [0.2, 0.25) is 0 Å². The Morgan fingerprint density at radius 1 is 1.37 bits per heavy atom. The Labute approximate surface area is 118 Å². The summed E-state index contributed by atoms with van der Waals surface area (Å²) in [6, 6.07) is 1.92. The Hall–Kier alpha value is -1.13. The number of hydrogen-bond donors (Lipinski definition) is 2. The molecule has 1 aliphatic rings. The third-order valence-electron chi connectivity index (χ3n) is 3.55. The van der Waals surface area contributed by atoms with E-state index in [9.17, 15) is 5.11 Å². The lowest BCUT2D eigenvalue weighted by molar-refractivity contribution is 0.348. The van der Waals surface area contributed by atoms with E-state index in [1.807, 2.05) is 0 Å². The number of benzene rings is 1. The van der Waals surface area contributed by atoms with Crippen molar-refractivity contribution < 1.29 is 14.6 Å². The summed E-state index contributed by atoms with van der Waals surface area (Å²) in [6.45, 7) is 1.02. The van der Waals surface area contributed by atoms with Gasteiger partial charge in [-0.1, -0.05) is 18.0 Å². The van der Waals surface area contributed by atoms with Gasteiger partial charge in [-0.25, -0.2) is 0 Å². The Morgan fingerprint density at radius 3 is 2.74 bits per heavy atom. The quantitative estimate of drug-likeness (QED) is 0.893. The highest BCUT2D eigenvalue weighted by Crippen LogP contribution is 2.43. The minimum Gasteiger partial charge on any atom is -0.507 e. The van der Waals surface area contributed by atoms with Crippen molar-refractivity contribution in [2.75, 3.05) is 20.8 Å². The van der Waals surface area contributed by atoms with Gasteiger partial charge in [-0.3, -0.25) is 0 Å². The van der Waals surface area contributed by atoms with Crippen molar-refractivity contribution in [2.24, 2.45) is 0 Å². The van der Waals surface area contributed by atoms with Crippen molar-refractivity contribution in [3.8, 4) is 17.2 Å². The number of rotatable bonds is 4. The lowest BCUT2D eigenvalue weighted by atomic mass is 9.97. The minimum atomic E-state index is 0.162. The molecule has 0 amide bonds. The molecule has 1 atom stereocenters. The summed E-state index contributed by atoms with van der Waals surface area (Å²) in [7, 11) is 3.07. The number of hydrogen-bond acceptors (Lipinski definition) is 4. The first kappa shape index (κ1) is 14.3. The first-order chi connectivity index (χ1) is 9.17. The molecule has 1 aromatic carbocycles. The number of aromatic hydroxyl groups is 1. The summed E-state index contributed by atoms with van der Waals surface area (Å²) in [5.41, 5.74) is 0.721. The second-order valence-corrected chi connectivity index (χ2v) is 5.15. The first-order valence-electron chi connectivity index (χ1n) is 6.53. The number of methoxy groups -OCH3 is 2. The molecular weight excluding hydrogens is 266 g/mol. The van der Waals surface area contributed by atoms with Crippen LogP contribution in [0.15, 0.2) is 6.07 Å². The average molecular weight is 286 g/mol. The lowest BCUT2D eigenvalue weighted by Crippen LogP contribution is -2.35. The fourth-order valence-electron chi connectivity index (χ4n) is 2.52. The van der Waals surface area contributed by atoms with Crippen LogP contribution in [0.25, 0.3) is 0 Å². The van der Waals surface area contributed by atoms with Crippen molar-refractivity contribution in [3.63, 3.8) is 0 Å². The number of ether oxygens (including phenoxy) is 2. The second-order valence-electron chi connectivity index (χ2n) is 4.77. The highest BCUT2D eigenvalue weighted by molar-refractivity contribution is 6.33. The molecule has 2 rings (SSSR count). The van der Waals surface area contributed by atoms with Crippen LogP contribution in [0.5, 0.6) is 17.2 Å². The van der Waals surface area contributed by atoms with Gasteiger partial charge < -0.3 is 19.9 Å². The maximum Gasteiger partial charge on any atom is 0.179 e. The molecule has 0 aliphatic carbocycles. The maximum absolute atomic E-state index is 10.1. The van der Waals surface area contributed by atoms with Crippen LogP contribution in [0.1, 0.15) is 24.8 Å². The van der Waals surface area contributed by atoms with E-state index >= 15 is 0 Å². The smallest absolute Gasteiger partial charge is 0.179 e. The van der Waals surface area contributed by atoms with Gasteiger partial charge in [-0.05, 0) is 25.8 Å². The Morgan fingerprint density at radius 2 is 2.16 bits per heavy atom. The van der Waals surface area contributed by atoms with Crippen molar-refractivity contribution in [1.29, 1.82) is 0 Å². The average Bonchev–Trinajstić information content (AvgIpc) is 2.44. The molecule has 1 fully saturated rings. The molecule has 0 aromatic heterocycles. The van der Waals surface area contributed by atoms with E-state index in [2.05, 4.69) is 5.32 Å². The zero-order valence-corrected chi connectivity index (χ0v) is 12.1. The molecule has 19 heavy (non-hydrogen) atoms. The molecule has 0 spiro atoms. The van der Waals surface area contributed by atoms with Crippen LogP contribution in [0.4, 0.5) is 0 Å². The summed E-state index contributed by atoms with van der Waals surface area (Å²) in [6.07, 6.45) is 4.22. The number of halogens is 1. The molecule has 2 N–H and O–H groups in total. The molecule has 0 saturated carbocycles. The molecule has 1 aliphatic heterocycles. The van der Waals surface area contributed by atoms with Crippen molar-refractivity contribution in [2.45, 2.75) is 31.7 Å². The van der Waals surface area contributed by atoms with E-state index in [1.54, 1.807) is 13.2 Å². The number of phenols is 1. The van der Waals surface area contributed by atoms with Crippen LogP contribution in [0.3, 0.4) is 0 Å². The summed E-state index contributed by atoms with van der Waals surface area (Å²) < 4.78 is 10.4. The molecule has 1 unspecified atom stereocenters. The fraction of sp³-hybridized carbons (Fsp3) is 0.571. The molecule has 0 radical (unpaired) electrons. The van der Waals surface area contributed by atoms with Crippen LogP contribution in [-0.2, 0) is 6.42 Å². The molecule has 1 aromatic rings. The Kier molecular flexibility index (Phi) is 4.77. The monoisotopic (exact) mass is 285 g/mol. The standard InChI is InChI=1S/C14H20ClNO3/c1-18-12-8-11(17)10(13(15)14(12)19-2)7-9-5-3-4-6-16-9/h8-9,16-17H,3-7H2,1-2H3. The van der Waals surface area contributed by atoms with Crippen LogP contribution in [-0.4, -0.2) is 31.9 Å². The van der Waals surface area contributed by atoms with E-state index in [0.717, 1.165) is 18.5 Å². The van der Waals surface area contributed by atoms with Gasteiger partial charge >= 0.3 is 0 Å². The topological polar surface area (TPSA) is 50.7 Å². The normalized spacial score (nSPS) is 19.2. The molecule has 1 saturated heterocycles. The fourth-order valence-corrected chi connectivity index (χ4v) is 2.86. The summed E-state index contributed by atoms with van der Waals surface area (Å²) in [5, 5.41) is 14.0. The third kappa shape index (κ3) is 3.07. The van der Waals surface area contributed by atoms with Gasteiger partial charge in [-0.2, -0.15) is 0 Å². The van der Waals surface area contributed by atoms with E-state index < -0.39 is 0 Å². The van der Waals surface area contributed by atoms with Crippen molar-refractivity contribution in [3.05, 3.63) is 16.7 Å². The summed E-state index contributed by atoms with van der Waals surface area (Å²) in [4.78, 5) is 0. The Balaban J connectivity index is 2.28. The van der Waals surface area contributed by atoms with Crippen LogP contribution in [0.2, 0.25) is 5.02 Å². The number of piperidine rings is 1. The largest absolute Gasteiger partial charge is 0.507 e. The second kappa shape index (κ2) is 6.35. The molecule has 0 bridgehead atoms. The zero-order chi connectivity index (χ0) is 13.8. The van der Waals surface area contributed by atoms with Gasteiger partial charge in [-0.15, -0.1) is 0 Å². The molecule has 4 nitrogen and oxygen atoms in total. The van der Waals surface area contributed by atoms with E-state index in [1.165, 1.54) is 20.0 Å². The van der Waals surface area contributed by atoms with Crippen LogP contribution < -0.4 is 14.8 Å². The van der Waals surface area contributed by atoms with Crippen LogP contribution >= 0.6 is 11.6 Å². The highest BCUT2D eigenvalue weighted by Gasteiger charge is 2.22. The SMILES string of the molecule is COc1cc(O)c(CC2CCCCN2)c(Cl)c1OC. The maximum atomic E-state index is 10.1. The molecular formula is C14H20ClNO3. The van der Waals surface area contributed by atoms with E-state index in [4.69, 9.17) is 21.1 Å². The van der Waals surface area contributed by atoms with Crippen molar-refractivity contribution in [1.82, 2.24) is 5.32 Å². The molecule has 5 heteroatoms. The third-order valence-corrected chi connectivity index (χ3v) is 3.95. The molecule has 106 valence electrons. The minimum absolute atomic E-state index is 0.162. The van der Waals surface area contributed by atoms with E-state index in [0.29, 0.717) is 29.0 Å². The van der Waals surface area contributed by atoms with Gasteiger partial charge in [0.15, 0.2) is 11.5 Å². The van der Waals surface area contributed by atoms with Gasteiger partial charge in [0.1, 0.15) is 5.75 Å². The first-order valence-corrected chi connectivity index (χ1v) is 6.90. The van der Waals surface area contributed by atoms with E-state index in [-0.39, 0.29) is 5.75 Å². The Bertz CT molecular complexity index is 445. The number of phenolic OH excluding ortho intramolecular Hbond substituents is 1. The zero-order valence-electron chi connectivity index (χ0n) is 11.3. The predicted octanol–water partition coefficient (Wildman–Crippen LogP) is 2.75. The molecule has 1 heterocycles. The predicted molar refractivity (Wildman–Crippen MR) is 75.6 cm³/mol. The lowest BCUT2D eigenvalue weighted by Gasteiger charge is -2.24. The summed E-state index contributed by atoms with van der Waals surface area (Å²) in [5.74, 6) is 1.09. The van der Waals surface area contributed by atoms with Gasteiger partial charge in [0, 0.05) is 17.7 Å². The number of nitrogens with one attached hydrogen (secondary N) is 1.